The highest BCUT2D eigenvalue weighted by Crippen LogP contribution is 2.22. The molecule has 2 aromatic rings. The number of carbonyl (C=O) groups excluding carboxylic acids is 1. The Morgan fingerprint density at radius 3 is 2.25 bits per heavy atom. The summed E-state index contributed by atoms with van der Waals surface area (Å²) in [5.41, 5.74) is 3.26. The second-order valence-electron chi connectivity index (χ2n) is 6.20. The van der Waals surface area contributed by atoms with E-state index in [9.17, 15) is 4.79 Å². The monoisotopic (exact) mass is 326 g/mol. The van der Waals surface area contributed by atoms with Crippen LogP contribution < -0.4 is 10.1 Å². The van der Waals surface area contributed by atoms with Crippen LogP contribution in [0.2, 0.25) is 0 Å². The van der Waals surface area contributed by atoms with Crippen molar-refractivity contribution in [1.82, 2.24) is 10.2 Å². The molecule has 4 nitrogen and oxygen atoms in total. The highest BCUT2D eigenvalue weighted by atomic mass is 16.5. The Morgan fingerprint density at radius 1 is 1.04 bits per heavy atom. The van der Waals surface area contributed by atoms with Gasteiger partial charge >= 0.3 is 0 Å². The van der Waals surface area contributed by atoms with Crippen LogP contribution in [0, 0.1) is 13.8 Å². The molecule has 2 rings (SSSR count). The summed E-state index contributed by atoms with van der Waals surface area (Å²) in [6, 6.07) is 16.3. The molecule has 0 aliphatic rings. The lowest BCUT2D eigenvalue weighted by Gasteiger charge is -2.25. The van der Waals surface area contributed by atoms with Gasteiger partial charge in [0.2, 0.25) is 0 Å². The third-order valence-corrected chi connectivity index (χ3v) is 4.06. The Balaban J connectivity index is 1.90. The summed E-state index contributed by atoms with van der Waals surface area (Å²) in [5, 5.41) is 2.97. The van der Waals surface area contributed by atoms with Gasteiger partial charge in [0.25, 0.3) is 5.91 Å². The second-order valence-corrected chi connectivity index (χ2v) is 6.20. The second kappa shape index (κ2) is 8.50. The highest BCUT2D eigenvalue weighted by molar-refractivity contribution is 5.77. The minimum absolute atomic E-state index is 0.0284. The third kappa shape index (κ3) is 4.83. The molecule has 0 heterocycles. The molecular weight excluding hydrogens is 300 g/mol. The normalized spacial score (nSPS) is 12.0. The van der Waals surface area contributed by atoms with Crippen LogP contribution in [0.4, 0.5) is 0 Å². The first-order valence-corrected chi connectivity index (χ1v) is 8.16. The molecule has 0 aliphatic heterocycles. The summed E-state index contributed by atoms with van der Waals surface area (Å²) in [4.78, 5) is 14.2. The van der Waals surface area contributed by atoms with Gasteiger partial charge in [-0.05, 0) is 44.6 Å². The van der Waals surface area contributed by atoms with Crippen molar-refractivity contribution in [3.05, 3.63) is 65.2 Å². The van der Waals surface area contributed by atoms with Crippen LogP contribution in [0.15, 0.2) is 48.5 Å². The molecule has 1 atom stereocenters. The lowest BCUT2D eigenvalue weighted by atomic mass is 10.1. The first-order valence-electron chi connectivity index (χ1n) is 8.16. The van der Waals surface area contributed by atoms with Crippen molar-refractivity contribution in [3.63, 3.8) is 0 Å². The molecular formula is C20H26N2O2. The van der Waals surface area contributed by atoms with E-state index in [0.717, 1.165) is 16.9 Å². The average molecular weight is 326 g/mol. The van der Waals surface area contributed by atoms with Crippen molar-refractivity contribution in [2.75, 3.05) is 27.2 Å². The van der Waals surface area contributed by atoms with Crippen LogP contribution in [-0.2, 0) is 4.79 Å². The van der Waals surface area contributed by atoms with Crippen molar-refractivity contribution >= 4 is 5.91 Å². The minimum atomic E-state index is -0.111. The van der Waals surface area contributed by atoms with Crippen LogP contribution in [0.1, 0.15) is 22.7 Å². The topological polar surface area (TPSA) is 41.6 Å². The Kier molecular flexibility index (Phi) is 6.38. The van der Waals surface area contributed by atoms with Gasteiger partial charge in [0.15, 0.2) is 6.61 Å². The van der Waals surface area contributed by atoms with Crippen LogP contribution >= 0.6 is 0 Å². The molecule has 0 spiro atoms. The molecule has 0 aliphatic carbocycles. The number of rotatable bonds is 7. The van der Waals surface area contributed by atoms with E-state index in [2.05, 4.69) is 22.3 Å². The first-order chi connectivity index (χ1) is 11.5. The number of amides is 1. The molecule has 128 valence electrons. The van der Waals surface area contributed by atoms with Gasteiger partial charge in [0, 0.05) is 6.54 Å². The molecule has 1 amide bonds. The van der Waals surface area contributed by atoms with E-state index in [4.69, 9.17) is 4.74 Å². The van der Waals surface area contributed by atoms with E-state index in [1.807, 2.05) is 64.3 Å². The smallest absolute Gasteiger partial charge is 0.258 e. The molecule has 0 fully saturated rings. The summed E-state index contributed by atoms with van der Waals surface area (Å²) in [7, 11) is 4.02. The maximum atomic E-state index is 12.1. The van der Waals surface area contributed by atoms with Crippen LogP contribution in [0.3, 0.4) is 0 Å². The standard InChI is InChI=1S/C20H26N2O2/c1-15-9-8-10-16(2)20(15)24-14-19(23)21-13-18(22(3)4)17-11-6-5-7-12-17/h5-12,18H,13-14H2,1-4H3,(H,21,23). The maximum absolute atomic E-state index is 12.1. The summed E-state index contributed by atoms with van der Waals surface area (Å²) in [6.45, 7) is 4.54. The largest absolute Gasteiger partial charge is 0.483 e. The number of hydrogen-bond acceptors (Lipinski definition) is 3. The van der Waals surface area contributed by atoms with Gasteiger partial charge < -0.3 is 15.0 Å². The van der Waals surface area contributed by atoms with Gasteiger partial charge in [-0.15, -0.1) is 0 Å². The van der Waals surface area contributed by atoms with Crippen molar-refractivity contribution in [3.8, 4) is 5.75 Å². The number of likely N-dealkylation sites (N-methyl/N-ethyl adjacent to an activating group) is 1. The molecule has 24 heavy (non-hydrogen) atoms. The fraction of sp³-hybridized carbons (Fsp3) is 0.350. The van der Waals surface area contributed by atoms with Crippen molar-refractivity contribution in [2.45, 2.75) is 19.9 Å². The molecule has 0 saturated heterocycles. The zero-order valence-electron chi connectivity index (χ0n) is 14.9. The fourth-order valence-corrected chi connectivity index (χ4v) is 2.70. The van der Waals surface area contributed by atoms with Gasteiger partial charge in [-0.1, -0.05) is 48.5 Å². The molecule has 2 aromatic carbocycles. The predicted molar refractivity (Wildman–Crippen MR) is 97.3 cm³/mol. The summed E-state index contributed by atoms with van der Waals surface area (Å²) in [5.74, 6) is 0.681. The van der Waals surface area contributed by atoms with E-state index >= 15 is 0 Å². The number of ether oxygens (including phenoxy) is 1. The van der Waals surface area contributed by atoms with Crippen molar-refractivity contribution < 1.29 is 9.53 Å². The zero-order valence-corrected chi connectivity index (χ0v) is 14.9. The fourth-order valence-electron chi connectivity index (χ4n) is 2.70. The number of nitrogens with zero attached hydrogens (tertiary/aromatic N) is 1. The molecule has 1 unspecified atom stereocenters. The maximum Gasteiger partial charge on any atom is 0.258 e. The van der Waals surface area contributed by atoms with Crippen LogP contribution in [0.5, 0.6) is 5.75 Å². The molecule has 1 N–H and O–H groups in total. The highest BCUT2D eigenvalue weighted by Gasteiger charge is 2.15. The molecule has 0 radical (unpaired) electrons. The first kappa shape index (κ1) is 18.0. The van der Waals surface area contributed by atoms with Gasteiger partial charge in [0.05, 0.1) is 6.04 Å². The number of nitrogens with one attached hydrogen (secondary N) is 1. The van der Waals surface area contributed by atoms with Crippen molar-refractivity contribution in [2.24, 2.45) is 0 Å². The molecule has 0 bridgehead atoms. The Bertz CT molecular complexity index is 648. The Morgan fingerprint density at radius 2 is 1.67 bits per heavy atom. The minimum Gasteiger partial charge on any atom is -0.483 e. The van der Waals surface area contributed by atoms with Gasteiger partial charge in [0.1, 0.15) is 5.75 Å². The predicted octanol–water partition coefficient (Wildman–Crippen LogP) is 3.10. The number of para-hydroxylation sites is 1. The summed E-state index contributed by atoms with van der Waals surface area (Å²) < 4.78 is 5.70. The van der Waals surface area contributed by atoms with Gasteiger partial charge in [-0.2, -0.15) is 0 Å². The van der Waals surface area contributed by atoms with E-state index in [1.165, 1.54) is 5.56 Å². The summed E-state index contributed by atoms with van der Waals surface area (Å²) in [6.07, 6.45) is 0. The number of benzene rings is 2. The van der Waals surface area contributed by atoms with Gasteiger partial charge in [-0.25, -0.2) is 0 Å². The summed E-state index contributed by atoms with van der Waals surface area (Å²) >= 11 is 0. The number of hydrogen-bond donors (Lipinski definition) is 1. The lowest BCUT2D eigenvalue weighted by Crippen LogP contribution is -2.37. The Labute approximate surface area is 144 Å². The number of aryl methyl sites for hydroxylation is 2. The van der Waals surface area contributed by atoms with E-state index < -0.39 is 0 Å². The van der Waals surface area contributed by atoms with Crippen LogP contribution in [-0.4, -0.2) is 38.1 Å². The third-order valence-electron chi connectivity index (χ3n) is 4.06. The van der Waals surface area contributed by atoms with E-state index in [-0.39, 0.29) is 18.6 Å². The number of carbonyl (C=O) groups is 1. The molecule has 4 heteroatoms. The SMILES string of the molecule is Cc1cccc(C)c1OCC(=O)NCC(c1ccccc1)N(C)C. The molecule has 0 aromatic heterocycles. The average Bonchev–Trinajstić information content (AvgIpc) is 2.55. The van der Waals surface area contributed by atoms with Crippen molar-refractivity contribution in [1.29, 1.82) is 0 Å². The lowest BCUT2D eigenvalue weighted by molar-refractivity contribution is -0.123. The molecule has 0 saturated carbocycles. The Hall–Kier alpha value is -2.33. The van der Waals surface area contributed by atoms with E-state index in [0.29, 0.717) is 6.54 Å². The zero-order chi connectivity index (χ0) is 17.5. The van der Waals surface area contributed by atoms with Gasteiger partial charge in [-0.3, -0.25) is 4.79 Å². The van der Waals surface area contributed by atoms with Crippen LogP contribution in [0.25, 0.3) is 0 Å². The van der Waals surface area contributed by atoms with E-state index in [1.54, 1.807) is 0 Å². The quantitative estimate of drug-likeness (QED) is 0.850.